The van der Waals surface area contributed by atoms with Crippen LogP contribution in [0.4, 0.5) is 0 Å². The molecule has 1 aliphatic rings. The minimum absolute atomic E-state index is 0.267. The highest BCUT2D eigenvalue weighted by atomic mass is 16.1. The molecule has 1 aromatic carbocycles. The van der Waals surface area contributed by atoms with Crippen LogP contribution in [-0.4, -0.2) is 29.8 Å². The topological polar surface area (TPSA) is 20.3 Å². The molecule has 1 saturated heterocycles. The van der Waals surface area contributed by atoms with E-state index < -0.39 is 0 Å². The first-order chi connectivity index (χ1) is 8.27. The molecular weight excluding hydrogens is 210 g/mol. The number of ketones is 1. The minimum atomic E-state index is 0.267. The summed E-state index contributed by atoms with van der Waals surface area (Å²) in [6.07, 6.45) is 4.54. The summed E-state index contributed by atoms with van der Waals surface area (Å²) in [4.78, 5) is 14.4. The van der Waals surface area contributed by atoms with Gasteiger partial charge in [-0.3, -0.25) is 4.79 Å². The van der Waals surface area contributed by atoms with Crippen molar-refractivity contribution in [3.63, 3.8) is 0 Å². The van der Waals surface area contributed by atoms with E-state index in [1.54, 1.807) is 0 Å². The van der Waals surface area contributed by atoms with Crippen molar-refractivity contribution in [1.82, 2.24) is 4.90 Å². The van der Waals surface area contributed by atoms with Crippen LogP contribution in [0.25, 0.3) is 0 Å². The van der Waals surface area contributed by atoms with Crippen LogP contribution in [0.15, 0.2) is 30.3 Å². The van der Waals surface area contributed by atoms with E-state index in [1.165, 1.54) is 19.3 Å². The summed E-state index contributed by atoms with van der Waals surface area (Å²) < 4.78 is 0. The molecule has 2 rings (SSSR count). The molecule has 0 bridgehead atoms. The molecule has 0 aliphatic carbocycles. The lowest BCUT2D eigenvalue weighted by atomic mass is 10.0. The van der Waals surface area contributed by atoms with Crippen LogP contribution in [0, 0.1) is 0 Å². The summed E-state index contributed by atoms with van der Waals surface area (Å²) in [5.74, 6) is 0.267. The van der Waals surface area contributed by atoms with E-state index in [9.17, 15) is 4.79 Å². The smallest absolute Gasteiger partial charge is 0.164 e. The van der Waals surface area contributed by atoms with Gasteiger partial charge in [0.1, 0.15) is 0 Å². The van der Waals surface area contributed by atoms with E-state index in [4.69, 9.17) is 0 Å². The van der Waals surface area contributed by atoms with Crippen molar-refractivity contribution in [3.8, 4) is 0 Å². The Hall–Kier alpha value is -1.15. The largest absolute Gasteiger partial charge is 0.300 e. The van der Waals surface area contributed by atoms with Gasteiger partial charge in [0.05, 0.1) is 0 Å². The third kappa shape index (κ3) is 3.40. The van der Waals surface area contributed by atoms with Gasteiger partial charge in [0.2, 0.25) is 0 Å². The fourth-order valence-corrected chi connectivity index (χ4v) is 2.50. The Labute approximate surface area is 104 Å². The zero-order chi connectivity index (χ0) is 12.1. The second-order valence-corrected chi connectivity index (χ2v) is 4.92. The second kappa shape index (κ2) is 5.97. The predicted octanol–water partition coefficient (Wildman–Crippen LogP) is 3.13. The number of benzene rings is 1. The molecule has 0 spiro atoms. The number of Topliss-reactive ketones (excluding diaryl/α,β-unsaturated/α-hetero) is 1. The molecule has 0 saturated carbocycles. The van der Waals surface area contributed by atoms with Crippen molar-refractivity contribution < 1.29 is 4.79 Å². The fourth-order valence-electron chi connectivity index (χ4n) is 2.50. The Morgan fingerprint density at radius 2 is 2.06 bits per heavy atom. The summed E-state index contributed by atoms with van der Waals surface area (Å²) in [5.41, 5.74) is 0.845. The number of likely N-dealkylation sites (tertiary alicyclic amines) is 1. The van der Waals surface area contributed by atoms with Crippen LogP contribution < -0.4 is 0 Å². The van der Waals surface area contributed by atoms with Gasteiger partial charge < -0.3 is 4.90 Å². The van der Waals surface area contributed by atoms with E-state index in [0.29, 0.717) is 12.5 Å². The maximum Gasteiger partial charge on any atom is 0.164 e. The Morgan fingerprint density at radius 1 is 1.29 bits per heavy atom. The van der Waals surface area contributed by atoms with Gasteiger partial charge in [-0.1, -0.05) is 36.8 Å². The maximum absolute atomic E-state index is 12.0. The summed E-state index contributed by atoms with van der Waals surface area (Å²) in [6, 6.07) is 10.3. The van der Waals surface area contributed by atoms with Crippen molar-refractivity contribution in [1.29, 1.82) is 0 Å². The van der Waals surface area contributed by atoms with Crippen LogP contribution in [0.5, 0.6) is 0 Å². The molecule has 1 heterocycles. The van der Waals surface area contributed by atoms with Gasteiger partial charge in [-0.25, -0.2) is 0 Å². The predicted molar refractivity (Wildman–Crippen MR) is 70.3 cm³/mol. The molecule has 1 atom stereocenters. The van der Waals surface area contributed by atoms with Gasteiger partial charge in [0, 0.05) is 24.6 Å². The van der Waals surface area contributed by atoms with E-state index in [1.807, 2.05) is 30.3 Å². The molecule has 0 radical (unpaired) electrons. The number of nitrogens with zero attached hydrogens (tertiary/aromatic N) is 1. The maximum atomic E-state index is 12.0. The summed E-state index contributed by atoms with van der Waals surface area (Å²) in [6.45, 7) is 4.34. The van der Waals surface area contributed by atoms with Gasteiger partial charge in [0.25, 0.3) is 0 Å². The SMILES string of the molecule is CC1CCCCN1CCC(=O)c1ccccc1. The molecule has 1 unspecified atom stereocenters. The standard InChI is InChI=1S/C15H21NO/c1-13-7-5-6-11-16(13)12-10-15(17)14-8-3-2-4-9-14/h2-4,8-9,13H,5-7,10-12H2,1H3. The lowest BCUT2D eigenvalue weighted by Gasteiger charge is -2.33. The number of piperidine rings is 1. The Balaban J connectivity index is 1.84. The van der Waals surface area contributed by atoms with Crippen molar-refractivity contribution in [2.24, 2.45) is 0 Å². The molecular formula is C15H21NO. The highest BCUT2D eigenvalue weighted by Crippen LogP contribution is 2.17. The van der Waals surface area contributed by atoms with Gasteiger partial charge in [-0.05, 0) is 26.3 Å². The van der Waals surface area contributed by atoms with Crippen molar-refractivity contribution in [2.75, 3.05) is 13.1 Å². The number of carbonyl (C=O) groups is 1. The number of hydrogen-bond acceptors (Lipinski definition) is 2. The number of hydrogen-bond donors (Lipinski definition) is 0. The van der Waals surface area contributed by atoms with Crippen molar-refractivity contribution in [3.05, 3.63) is 35.9 Å². The van der Waals surface area contributed by atoms with E-state index in [0.717, 1.165) is 18.7 Å². The third-order valence-electron chi connectivity index (χ3n) is 3.66. The van der Waals surface area contributed by atoms with Gasteiger partial charge in [-0.15, -0.1) is 0 Å². The first-order valence-electron chi connectivity index (χ1n) is 6.59. The van der Waals surface area contributed by atoms with Gasteiger partial charge in [0.15, 0.2) is 5.78 Å². The molecule has 17 heavy (non-hydrogen) atoms. The highest BCUT2D eigenvalue weighted by Gasteiger charge is 2.18. The normalized spacial score (nSPS) is 21.4. The summed E-state index contributed by atoms with van der Waals surface area (Å²) in [7, 11) is 0. The van der Waals surface area contributed by atoms with E-state index in [-0.39, 0.29) is 5.78 Å². The molecule has 1 fully saturated rings. The first-order valence-corrected chi connectivity index (χ1v) is 6.59. The lowest BCUT2D eigenvalue weighted by molar-refractivity contribution is 0.0935. The van der Waals surface area contributed by atoms with Gasteiger partial charge >= 0.3 is 0 Å². The zero-order valence-corrected chi connectivity index (χ0v) is 10.6. The van der Waals surface area contributed by atoms with Gasteiger partial charge in [-0.2, -0.15) is 0 Å². The van der Waals surface area contributed by atoms with Crippen LogP contribution in [0.1, 0.15) is 43.0 Å². The van der Waals surface area contributed by atoms with Crippen LogP contribution in [0.3, 0.4) is 0 Å². The van der Waals surface area contributed by atoms with Crippen molar-refractivity contribution >= 4 is 5.78 Å². The molecule has 0 N–H and O–H groups in total. The highest BCUT2D eigenvalue weighted by molar-refractivity contribution is 5.96. The van der Waals surface area contributed by atoms with Crippen LogP contribution in [0.2, 0.25) is 0 Å². The minimum Gasteiger partial charge on any atom is -0.300 e. The third-order valence-corrected chi connectivity index (χ3v) is 3.66. The Bertz CT molecular complexity index is 360. The van der Waals surface area contributed by atoms with Crippen LogP contribution in [-0.2, 0) is 0 Å². The summed E-state index contributed by atoms with van der Waals surface area (Å²) in [5, 5.41) is 0. The molecule has 1 aliphatic heterocycles. The Morgan fingerprint density at radius 3 is 2.76 bits per heavy atom. The Kier molecular flexibility index (Phi) is 4.32. The zero-order valence-electron chi connectivity index (χ0n) is 10.6. The quantitative estimate of drug-likeness (QED) is 0.742. The molecule has 92 valence electrons. The van der Waals surface area contributed by atoms with Crippen molar-refractivity contribution in [2.45, 2.75) is 38.6 Å². The van der Waals surface area contributed by atoms with Crippen LogP contribution >= 0.6 is 0 Å². The average molecular weight is 231 g/mol. The lowest BCUT2D eigenvalue weighted by Crippen LogP contribution is -2.38. The summed E-state index contributed by atoms with van der Waals surface area (Å²) >= 11 is 0. The number of rotatable bonds is 4. The molecule has 0 amide bonds. The molecule has 2 heteroatoms. The number of carbonyl (C=O) groups excluding carboxylic acids is 1. The van der Waals surface area contributed by atoms with E-state index in [2.05, 4.69) is 11.8 Å². The second-order valence-electron chi connectivity index (χ2n) is 4.92. The fraction of sp³-hybridized carbons (Fsp3) is 0.533. The van der Waals surface area contributed by atoms with E-state index >= 15 is 0 Å². The first kappa shape index (κ1) is 12.3. The monoisotopic (exact) mass is 231 g/mol. The molecule has 2 nitrogen and oxygen atoms in total. The average Bonchev–Trinajstić information content (AvgIpc) is 2.38. The molecule has 0 aromatic heterocycles. The molecule has 1 aromatic rings.